The summed E-state index contributed by atoms with van der Waals surface area (Å²) < 4.78 is 5.84. The van der Waals surface area contributed by atoms with Crippen molar-refractivity contribution in [1.82, 2.24) is 15.7 Å². The minimum atomic E-state index is -0.714. The molecule has 10 heteroatoms. The summed E-state index contributed by atoms with van der Waals surface area (Å²) >= 11 is 0. The van der Waals surface area contributed by atoms with E-state index in [1.807, 2.05) is 0 Å². The van der Waals surface area contributed by atoms with Crippen molar-refractivity contribution in [2.24, 2.45) is 0 Å². The first kappa shape index (κ1) is 23.4. The molecule has 1 rings (SSSR count). The summed E-state index contributed by atoms with van der Waals surface area (Å²) in [6, 6.07) is 0. The second-order valence-corrected chi connectivity index (χ2v) is 7.49. The number of nitrogens with zero attached hydrogens (tertiary/aromatic N) is 1. The first-order valence-corrected chi connectivity index (χ1v) is 8.80. The quantitative estimate of drug-likeness (QED) is 0.261. The van der Waals surface area contributed by atoms with Crippen LogP contribution < -0.4 is 10.8 Å². The van der Waals surface area contributed by atoms with E-state index in [4.69, 9.17) is 9.57 Å². The number of hydrogen-bond donors (Lipinski definition) is 2. The van der Waals surface area contributed by atoms with Crippen molar-refractivity contribution in [2.45, 2.75) is 51.7 Å². The Bertz CT molecular complexity index is 638. The fourth-order valence-electron chi connectivity index (χ4n) is 2.49. The molecule has 156 valence electrons. The predicted octanol–water partition coefficient (Wildman–Crippen LogP) is -0.372. The Hall–Kier alpha value is -2.59. The molecule has 10 nitrogen and oxygen atoms in total. The lowest BCUT2D eigenvalue weighted by Crippen LogP contribution is -2.46. The number of aldehydes is 1. The molecule has 0 spiro atoms. The maximum Gasteiger partial charge on any atom is 0.253 e. The molecule has 0 atom stereocenters. The largest absolute Gasteiger partial charge is 0.367 e. The van der Waals surface area contributed by atoms with Crippen LogP contribution in [-0.4, -0.2) is 65.7 Å². The number of imide groups is 1. The molecule has 4 amide bonds. The van der Waals surface area contributed by atoms with Crippen LogP contribution in [0, 0.1) is 0 Å². The summed E-state index contributed by atoms with van der Waals surface area (Å²) in [4.78, 5) is 62.6. The van der Waals surface area contributed by atoms with Gasteiger partial charge in [0.1, 0.15) is 6.29 Å². The van der Waals surface area contributed by atoms with E-state index in [0.29, 0.717) is 0 Å². The van der Waals surface area contributed by atoms with E-state index in [2.05, 4.69) is 10.8 Å². The highest BCUT2D eigenvalue weighted by Gasteiger charge is 2.29. The smallest absolute Gasteiger partial charge is 0.253 e. The molecule has 0 fully saturated rings. The topological polar surface area (TPSA) is 131 Å². The van der Waals surface area contributed by atoms with Crippen LogP contribution in [0.15, 0.2) is 12.2 Å². The number of hydroxylamine groups is 1. The van der Waals surface area contributed by atoms with Gasteiger partial charge in [0.05, 0.1) is 11.2 Å². The zero-order chi connectivity index (χ0) is 21.4. The summed E-state index contributed by atoms with van der Waals surface area (Å²) in [6.07, 6.45) is 3.12. The van der Waals surface area contributed by atoms with E-state index in [1.54, 1.807) is 27.7 Å². The molecule has 0 aliphatic carbocycles. The van der Waals surface area contributed by atoms with Crippen molar-refractivity contribution in [3.63, 3.8) is 0 Å². The molecule has 1 aliphatic rings. The molecule has 0 unspecified atom stereocenters. The van der Waals surface area contributed by atoms with Crippen molar-refractivity contribution in [1.29, 1.82) is 0 Å². The van der Waals surface area contributed by atoms with Gasteiger partial charge in [-0.25, -0.2) is 5.48 Å². The van der Waals surface area contributed by atoms with Crippen molar-refractivity contribution < 1.29 is 33.5 Å². The fourth-order valence-corrected chi connectivity index (χ4v) is 2.49. The highest BCUT2D eigenvalue weighted by atomic mass is 16.7. The molecule has 0 saturated carbocycles. The van der Waals surface area contributed by atoms with Crippen molar-refractivity contribution in [3.05, 3.63) is 12.2 Å². The highest BCUT2D eigenvalue weighted by Crippen LogP contribution is 2.21. The maximum absolute atomic E-state index is 11.8. The highest BCUT2D eigenvalue weighted by molar-refractivity contribution is 6.13. The molecule has 0 radical (unpaired) electrons. The normalized spacial score (nSPS) is 14.4. The Morgan fingerprint density at radius 2 is 1.68 bits per heavy atom. The van der Waals surface area contributed by atoms with Gasteiger partial charge >= 0.3 is 0 Å². The number of ether oxygens (including phenoxy) is 1. The van der Waals surface area contributed by atoms with Crippen LogP contribution in [-0.2, 0) is 33.5 Å². The number of amides is 4. The minimum absolute atomic E-state index is 0.0752. The number of carbonyl (C=O) groups excluding carboxylic acids is 5. The number of hydrogen-bond acceptors (Lipinski definition) is 7. The summed E-state index contributed by atoms with van der Waals surface area (Å²) in [7, 11) is 0. The lowest BCUT2D eigenvalue weighted by atomic mass is 10.0. The van der Waals surface area contributed by atoms with Crippen LogP contribution in [0.2, 0.25) is 0 Å². The van der Waals surface area contributed by atoms with Crippen molar-refractivity contribution in [2.75, 3.05) is 19.7 Å². The van der Waals surface area contributed by atoms with Gasteiger partial charge in [0.25, 0.3) is 11.8 Å². The van der Waals surface area contributed by atoms with E-state index in [1.165, 1.54) is 0 Å². The van der Waals surface area contributed by atoms with Crippen molar-refractivity contribution >= 4 is 29.9 Å². The minimum Gasteiger partial charge on any atom is -0.367 e. The zero-order valence-corrected chi connectivity index (χ0v) is 16.6. The van der Waals surface area contributed by atoms with E-state index in [-0.39, 0.29) is 25.9 Å². The average Bonchev–Trinajstić information content (AvgIpc) is 2.88. The first-order valence-electron chi connectivity index (χ1n) is 8.80. The third-order valence-electron chi connectivity index (χ3n) is 3.69. The average molecular weight is 397 g/mol. The van der Waals surface area contributed by atoms with Crippen LogP contribution in [0.25, 0.3) is 0 Å². The number of carbonyl (C=O) groups is 5. The van der Waals surface area contributed by atoms with E-state index in [9.17, 15) is 24.0 Å². The molecular formula is C18H27N3O7. The Labute approximate surface area is 163 Å². The first-order chi connectivity index (χ1) is 13.0. The van der Waals surface area contributed by atoms with Gasteiger partial charge in [-0.2, -0.15) is 0 Å². The second-order valence-electron chi connectivity index (χ2n) is 7.49. The Morgan fingerprint density at radius 1 is 1.07 bits per heavy atom. The van der Waals surface area contributed by atoms with Gasteiger partial charge in [0.15, 0.2) is 6.61 Å². The molecule has 0 aromatic carbocycles. The molecule has 28 heavy (non-hydrogen) atoms. The monoisotopic (exact) mass is 397 g/mol. The van der Waals surface area contributed by atoms with Gasteiger partial charge in [-0.15, -0.1) is 0 Å². The summed E-state index contributed by atoms with van der Waals surface area (Å²) in [5.74, 6) is -1.99. The molecule has 1 heterocycles. The Kier molecular flexibility index (Phi) is 8.45. The number of rotatable bonds is 12. The third kappa shape index (κ3) is 8.40. The summed E-state index contributed by atoms with van der Waals surface area (Å²) in [5.41, 5.74) is 0.707. The SMILES string of the molecule is CC(C)(CC=O)OC(C)(C)CNC(=O)CONC(=O)CCN1C(=O)C=CC1=O. The molecule has 0 saturated heterocycles. The van der Waals surface area contributed by atoms with E-state index < -0.39 is 41.4 Å². The zero-order valence-electron chi connectivity index (χ0n) is 16.6. The fraction of sp³-hybridized carbons (Fsp3) is 0.611. The van der Waals surface area contributed by atoms with Crippen LogP contribution in [0.1, 0.15) is 40.5 Å². The lowest BCUT2D eigenvalue weighted by molar-refractivity contribution is -0.145. The molecule has 1 aliphatic heterocycles. The molecule has 0 aromatic rings. The van der Waals surface area contributed by atoms with E-state index in [0.717, 1.165) is 23.3 Å². The molecule has 0 aromatic heterocycles. The van der Waals surface area contributed by atoms with Gasteiger partial charge in [-0.3, -0.25) is 28.9 Å². The lowest BCUT2D eigenvalue weighted by Gasteiger charge is -2.35. The predicted molar refractivity (Wildman–Crippen MR) is 97.5 cm³/mol. The van der Waals surface area contributed by atoms with Gasteiger partial charge in [0.2, 0.25) is 11.8 Å². The molecule has 2 N–H and O–H groups in total. The summed E-state index contributed by atoms with van der Waals surface area (Å²) in [6.45, 7) is 6.80. The van der Waals surface area contributed by atoms with Crippen LogP contribution >= 0.6 is 0 Å². The van der Waals surface area contributed by atoms with Crippen LogP contribution in [0.5, 0.6) is 0 Å². The van der Waals surface area contributed by atoms with Gasteiger partial charge in [0, 0.05) is 38.1 Å². The molecular weight excluding hydrogens is 370 g/mol. The summed E-state index contributed by atoms with van der Waals surface area (Å²) in [5, 5.41) is 2.62. The maximum atomic E-state index is 11.8. The van der Waals surface area contributed by atoms with E-state index >= 15 is 0 Å². The van der Waals surface area contributed by atoms with Crippen molar-refractivity contribution in [3.8, 4) is 0 Å². The van der Waals surface area contributed by atoms with Crippen LogP contribution in [0.3, 0.4) is 0 Å². The van der Waals surface area contributed by atoms with Crippen LogP contribution in [0.4, 0.5) is 0 Å². The molecule has 0 bridgehead atoms. The van der Waals surface area contributed by atoms with Gasteiger partial charge in [-0.05, 0) is 27.7 Å². The number of nitrogens with one attached hydrogen (secondary N) is 2. The Morgan fingerprint density at radius 3 is 2.25 bits per heavy atom. The van der Waals surface area contributed by atoms with Gasteiger partial charge < -0.3 is 14.8 Å². The third-order valence-corrected chi connectivity index (χ3v) is 3.69. The Balaban J connectivity index is 2.24. The van der Waals surface area contributed by atoms with Gasteiger partial charge in [-0.1, -0.05) is 0 Å². The standard InChI is InChI=1S/C18H27N3O7/c1-17(2,8-10-22)28-18(3,4)12-19-14(24)11-27-20-13(23)7-9-21-15(25)5-6-16(21)26/h5-6,10H,7-9,11-12H2,1-4H3,(H,19,24)(H,20,23). The second kappa shape index (κ2) is 10.1.